The van der Waals surface area contributed by atoms with Crippen molar-refractivity contribution in [1.29, 1.82) is 0 Å². The molecule has 4 nitrogen and oxygen atoms in total. The third-order valence-corrected chi connectivity index (χ3v) is 3.98. The van der Waals surface area contributed by atoms with E-state index in [4.69, 9.17) is 5.11 Å². The van der Waals surface area contributed by atoms with E-state index in [1.165, 1.54) is 18.5 Å². The van der Waals surface area contributed by atoms with Crippen molar-refractivity contribution in [2.75, 3.05) is 18.0 Å². The lowest BCUT2D eigenvalue weighted by Gasteiger charge is -2.32. The monoisotopic (exact) mass is 258 g/mol. The van der Waals surface area contributed by atoms with Crippen LogP contribution in [-0.2, 0) is 0 Å². The molecule has 2 aromatic rings. The van der Waals surface area contributed by atoms with Crippen molar-refractivity contribution in [2.24, 2.45) is 5.92 Å². The largest absolute Gasteiger partial charge is 0.477 e. The highest BCUT2D eigenvalue weighted by Crippen LogP contribution is 2.26. The van der Waals surface area contributed by atoms with Gasteiger partial charge in [0, 0.05) is 29.7 Å². The summed E-state index contributed by atoms with van der Waals surface area (Å²) in [6, 6.07) is 7.82. The molecule has 0 unspecified atom stereocenters. The SMILES string of the molecule is CC1CCN(c2ccc3[nH]c(C(=O)O)cc3c2)CC1. The molecule has 0 radical (unpaired) electrons. The quantitative estimate of drug-likeness (QED) is 0.870. The van der Waals surface area contributed by atoms with Gasteiger partial charge in [0.2, 0.25) is 0 Å². The molecule has 0 bridgehead atoms. The highest BCUT2D eigenvalue weighted by Gasteiger charge is 2.16. The Balaban J connectivity index is 1.90. The van der Waals surface area contributed by atoms with Gasteiger partial charge in [-0.1, -0.05) is 6.92 Å². The van der Waals surface area contributed by atoms with E-state index in [-0.39, 0.29) is 5.69 Å². The Morgan fingerprint density at radius 3 is 2.74 bits per heavy atom. The van der Waals surface area contributed by atoms with Gasteiger partial charge in [0.05, 0.1) is 0 Å². The molecule has 1 aromatic heterocycles. The van der Waals surface area contributed by atoms with Crippen molar-refractivity contribution in [1.82, 2.24) is 4.98 Å². The minimum Gasteiger partial charge on any atom is -0.477 e. The van der Waals surface area contributed by atoms with Crippen LogP contribution in [0.25, 0.3) is 10.9 Å². The van der Waals surface area contributed by atoms with Gasteiger partial charge in [0.1, 0.15) is 5.69 Å². The zero-order valence-corrected chi connectivity index (χ0v) is 11.0. The van der Waals surface area contributed by atoms with Crippen molar-refractivity contribution < 1.29 is 9.90 Å². The molecule has 3 rings (SSSR count). The van der Waals surface area contributed by atoms with Crippen LogP contribution in [0.1, 0.15) is 30.3 Å². The minimum absolute atomic E-state index is 0.249. The van der Waals surface area contributed by atoms with Gasteiger partial charge < -0.3 is 15.0 Å². The number of piperidine rings is 1. The molecule has 1 saturated heterocycles. The van der Waals surface area contributed by atoms with Crippen LogP contribution in [0, 0.1) is 5.92 Å². The van der Waals surface area contributed by atoms with E-state index >= 15 is 0 Å². The lowest BCUT2D eigenvalue weighted by Crippen LogP contribution is -2.32. The predicted octanol–water partition coefficient (Wildman–Crippen LogP) is 3.10. The van der Waals surface area contributed by atoms with E-state index in [0.29, 0.717) is 0 Å². The third kappa shape index (κ3) is 2.30. The average Bonchev–Trinajstić information content (AvgIpc) is 2.82. The fraction of sp³-hybridized carbons (Fsp3) is 0.400. The Morgan fingerprint density at radius 1 is 1.32 bits per heavy atom. The second-order valence-electron chi connectivity index (χ2n) is 5.43. The number of aromatic carboxylic acids is 1. The van der Waals surface area contributed by atoms with Crippen molar-refractivity contribution >= 4 is 22.6 Å². The summed E-state index contributed by atoms with van der Waals surface area (Å²) in [6.45, 7) is 4.47. The number of carboxylic acids is 1. The van der Waals surface area contributed by atoms with Crippen molar-refractivity contribution in [3.05, 3.63) is 30.0 Å². The van der Waals surface area contributed by atoms with Crippen LogP contribution in [0.4, 0.5) is 5.69 Å². The molecule has 0 saturated carbocycles. The number of fused-ring (bicyclic) bond motifs is 1. The molecule has 1 aliphatic rings. The van der Waals surface area contributed by atoms with Gasteiger partial charge in [0.15, 0.2) is 0 Å². The second kappa shape index (κ2) is 4.61. The van der Waals surface area contributed by atoms with Gasteiger partial charge in [-0.3, -0.25) is 0 Å². The normalized spacial score (nSPS) is 17.0. The second-order valence-corrected chi connectivity index (χ2v) is 5.43. The molecule has 100 valence electrons. The molecule has 1 fully saturated rings. The zero-order chi connectivity index (χ0) is 13.4. The topological polar surface area (TPSA) is 56.3 Å². The summed E-state index contributed by atoms with van der Waals surface area (Å²) in [7, 11) is 0. The van der Waals surface area contributed by atoms with Gasteiger partial charge in [-0.15, -0.1) is 0 Å². The molecule has 19 heavy (non-hydrogen) atoms. The molecule has 2 heterocycles. The number of aromatic nitrogens is 1. The highest BCUT2D eigenvalue weighted by molar-refractivity contribution is 5.94. The standard InChI is InChI=1S/C15H18N2O2/c1-10-4-6-17(7-5-10)12-2-3-13-11(8-12)9-14(16-13)15(18)19/h2-3,8-10,16H,4-7H2,1H3,(H,18,19). The van der Waals surface area contributed by atoms with Gasteiger partial charge in [0.25, 0.3) is 0 Å². The molecular formula is C15H18N2O2. The number of hydrogen-bond donors (Lipinski definition) is 2. The fourth-order valence-corrected chi connectivity index (χ4v) is 2.70. The number of carboxylic acid groups (broad SMARTS) is 1. The first-order chi connectivity index (χ1) is 9.13. The third-order valence-electron chi connectivity index (χ3n) is 3.98. The van der Waals surface area contributed by atoms with Gasteiger partial charge in [-0.25, -0.2) is 4.79 Å². The number of nitrogens with zero attached hydrogens (tertiary/aromatic N) is 1. The maximum absolute atomic E-state index is 11.0. The number of carbonyl (C=O) groups is 1. The van der Waals surface area contributed by atoms with Gasteiger partial charge >= 0.3 is 5.97 Å². The van der Waals surface area contributed by atoms with E-state index in [9.17, 15) is 4.79 Å². The summed E-state index contributed by atoms with van der Waals surface area (Å²) in [5, 5.41) is 9.96. The number of benzene rings is 1. The van der Waals surface area contributed by atoms with E-state index in [0.717, 1.165) is 29.9 Å². The number of H-pyrrole nitrogens is 1. The van der Waals surface area contributed by atoms with Gasteiger partial charge in [-0.05, 0) is 43.0 Å². The van der Waals surface area contributed by atoms with Crippen LogP contribution >= 0.6 is 0 Å². The molecule has 2 N–H and O–H groups in total. The lowest BCUT2D eigenvalue weighted by molar-refractivity contribution is 0.0691. The van der Waals surface area contributed by atoms with E-state index in [1.54, 1.807) is 6.07 Å². The first-order valence-electron chi connectivity index (χ1n) is 6.74. The maximum Gasteiger partial charge on any atom is 0.352 e. The Labute approximate surface area is 112 Å². The zero-order valence-electron chi connectivity index (χ0n) is 11.0. The number of rotatable bonds is 2. The summed E-state index contributed by atoms with van der Waals surface area (Å²) < 4.78 is 0. The Morgan fingerprint density at radius 2 is 2.05 bits per heavy atom. The molecule has 1 aliphatic heterocycles. The van der Waals surface area contributed by atoms with Gasteiger partial charge in [-0.2, -0.15) is 0 Å². The first-order valence-corrected chi connectivity index (χ1v) is 6.74. The molecule has 0 atom stereocenters. The smallest absolute Gasteiger partial charge is 0.352 e. The Kier molecular flexibility index (Phi) is 2.93. The first kappa shape index (κ1) is 12.1. The summed E-state index contributed by atoms with van der Waals surface area (Å²) in [5.74, 6) is -0.101. The van der Waals surface area contributed by atoms with E-state index in [1.807, 2.05) is 6.07 Å². The number of aromatic amines is 1. The highest BCUT2D eigenvalue weighted by atomic mass is 16.4. The molecule has 4 heteroatoms. The molecule has 0 aliphatic carbocycles. The summed E-state index contributed by atoms with van der Waals surface area (Å²) in [5.41, 5.74) is 2.32. The number of hydrogen-bond acceptors (Lipinski definition) is 2. The molecular weight excluding hydrogens is 240 g/mol. The van der Waals surface area contributed by atoms with Crippen molar-refractivity contribution in [3.63, 3.8) is 0 Å². The van der Waals surface area contributed by atoms with Crippen LogP contribution < -0.4 is 4.90 Å². The average molecular weight is 258 g/mol. The van der Waals surface area contributed by atoms with Crippen LogP contribution in [0.15, 0.2) is 24.3 Å². The summed E-state index contributed by atoms with van der Waals surface area (Å²) >= 11 is 0. The van der Waals surface area contributed by atoms with Crippen LogP contribution in [0.2, 0.25) is 0 Å². The molecule has 0 amide bonds. The van der Waals surface area contributed by atoms with E-state index in [2.05, 4.69) is 28.9 Å². The van der Waals surface area contributed by atoms with E-state index < -0.39 is 5.97 Å². The van der Waals surface area contributed by atoms with Crippen LogP contribution in [0.5, 0.6) is 0 Å². The predicted molar refractivity (Wildman–Crippen MR) is 75.9 cm³/mol. The van der Waals surface area contributed by atoms with Crippen LogP contribution in [0.3, 0.4) is 0 Å². The Hall–Kier alpha value is -1.97. The van der Waals surface area contributed by atoms with Crippen molar-refractivity contribution in [3.8, 4) is 0 Å². The maximum atomic E-state index is 11.0. The summed E-state index contributed by atoms with van der Waals surface area (Å²) in [4.78, 5) is 16.2. The lowest BCUT2D eigenvalue weighted by atomic mass is 9.99. The van der Waals surface area contributed by atoms with Crippen LogP contribution in [-0.4, -0.2) is 29.1 Å². The number of anilines is 1. The number of nitrogens with one attached hydrogen (secondary N) is 1. The minimum atomic E-state index is -0.912. The van der Waals surface area contributed by atoms with Crippen molar-refractivity contribution in [2.45, 2.75) is 19.8 Å². The summed E-state index contributed by atoms with van der Waals surface area (Å²) in [6.07, 6.45) is 2.46. The Bertz CT molecular complexity index is 610. The fourth-order valence-electron chi connectivity index (χ4n) is 2.70. The molecule has 1 aromatic carbocycles. The molecule has 0 spiro atoms.